The minimum Gasteiger partial charge on any atom is -0.488 e. The van der Waals surface area contributed by atoms with E-state index in [0.717, 1.165) is 10.5 Å². The van der Waals surface area contributed by atoms with Crippen LogP contribution in [0.2, 0.25) is 0 Å². The first-order valence-electron chi connectivity index (χ1n) is 5.96. The minimum atomic E-state index is -0.712. The van der Waals surface area contributed by atoms with Crippen molar-refractivity contribution in [2.45, 2.75) is 13.5 Å². The molecule has 0 N–H and O–H groups in total. The van der Waals surface area contributed by atoms with Crippen molar-refractivity contribution in [3.8, 4) is 5.75 Å². The fraction of sp³-hybridized carbons (Fsp3) is 0.133. The molecule has 0 saturated heterocycles. The van der Waals surface area contributed by atoms with Gasteiger partial charge in [-0.3, -0.25) is 4.79 Å². The van der Waals surface area contributed by atoms with Crippen LogP contribution >= 0.6 is 31.9 Å². The Morgan fingerprint density at radius 1 is 1.19 bits per heavy atom. The molecule has 0 radical (unpaired) electrons. The largest absolute Gasteiger partial charge is 0.488 e. The third-order valence-corrected chi connectivity index (χ3v) is 3.94. The van der Waals surface area contributed by atoms with E-state index in [-0.39, 0.29) is 28.2 Å². The van der Waals surface area contributed by atoms with Crippen LogP contribution in [0.3, 0.4) is 0 Å². The van der Waals surface area contributed by atoms with E-state index in [9.17, 15) is 13.6 Å². The number of carbonyl (C=O) groups excluding carboxylic acids is 1. The summed E-state index contributed by atoms with van der Waals surface area (Å²) in [5.74, 6) is -1.32. The van der Waals surface area contributed by atoms with Crippen molar-refractivity contribution >= 4 is 37.6 Å². The first-order valence-corrected chi connectivity index (χ1v) is 7.54. The van der Waals surface area contributed by atoms with Crippen LogP contribution in [0.25, 0.3) is 0 Å². The molecule has 0 aliphatic heterocycles. The van der Waals surface area contributed by atoms with Crippen LogP contribution in [-0.2, 0) is 6.61 Å². The van der Waals surface area contributed by atoms with Crippen LogP contribution in [0, 0.1) is 11.6 Å². The van der Waals surface area contributed by atoms with Crippen molar-refractivity contribution in [1.29, 1.82) is 0 Å². The Morgan fingerprint density at radius 3 is 2.57 bits per heavy atom. The summed E-state index contributed by atoms with van der Waals surface area (Å²) in [6.45, 7) is 1.09. The predicted octanol–water partition coefficient (Wildman–Crippen LogP) is 5.27. The summed E-state index contributed by atoms with van der Waals surface area (Å²) in [6.07, 6.45) is 0. The topological polar surface area (TPSA) is 26.3 Å². The lowest BCUT2D eigenvalue weighted by Gasteiger charge is -2.12. The summed E-state index contributed by atoms with van der Waals surface area (Å²) >= 11 is 6.26. The molecule has 110 valence electrons. The molecule has 0 aromatic heterocycles. The molecular formula is C15H10Br2F2O2. The molecule has 2 aromatic rings. The highest BCUT2D eigenvalue weighted by Crippen LogP contribution is 2.27. The van der Waals surface area contributed by atoms with Gasteiger partial charge in [0.25, 0.3) is 0 Å². The molecule has 6 heteroatoms. The lowest BCUT2D eigenvalue weighted by molar-refractivity contribution is 0.101. The van der Waals surface area contributed by atoms with Crippen LogP contribution in [-0.4, -0.2) is 5.78 Å². The third kappa shape index (κ3) is 3.68. The van der Waals surface area contributed by atoms with E-state index in [1.165, 1.54) is 13.0 Å². The van der Waals surface area contributed by atoms with Gasteiger partial charge in [0.1, 0.15) is 24.0 Å². The van der Waals surface area contributed by atoms with Gasteiger partial charge < -0.3 is 4.74 Å². The molecule has 2 aromatic carbocycles. The van der Waals surface area contributed by atoms with Crippen LogP contribution in [0.5, 0.6) is 5.75 Å². The maximum Gasteiger partial charge on any atom is 0.163 e. The summed E-state index contributed by atoms with van der Waals surface area (Å²) in [7, 11) is 0. The molecule has 2 nitrogen and oxygen atoms in total. The van der Waals surface area contributed by atoms with E-state index in [1.807, 2.05) is 0 Å². The molecular weight excluding hydrogens is 410 g/mol. The van der Waals surface area contributed by atoms with Gasteiger partial charge in [0, 0.05) is 4.47 Å². The van der Waals surface area contributed by atoms with Gasteiger partial charge in [-0.2, -0.15) is 0 Å². The first-order chi connectivity index (χ1) is 9.90. The van der Waals surface area contributed by atoms with Crippen LogP contribution in [0.4, 0.5) is 8.78 Å². The SMILES string of the molecule is CC(=O)c1cc(Br)ccc1OCc1c(F)ccc(Br)c1F. The Labute approximate surface area is 137 Å². The highest BCUT2D eigenvalue weighted by molar-refractivity contribution is 9.10. The zero-order valence-corrected chi connectivity index (χ0v) is 14.1. The minimum absolute atomic E-state index is 0.157. The van der Waals surface area contributed by atoms with Gasteiger partial charge in [-0.05, 0) is 53.2 Å². The fourth-order valence-corrected chi connectivity index (χ4v) is 2.49. The Kier molecular flexibility index (Phi) is 5.11. The summed E-state index contributed by atoms with van der Waals surface area (Å²) in [5, 5.41) is 0. The molecule has 0 atom stereocenters. The van der Waals surface area contributed by atoms with Gasteiger partial charge in [-0.15, -0.1) is 0 Å². The van der Waals surface area contributed by atoms with Crippen LogP contribution < -0.4 is 4.74 Å². The first kappa shape index (κ1) is 16.1. The number of rotatable bonds is 4. The number of ether oxygens (including phenoxy) is 1. The molecule has 0 saturated carbocycles. The second kappa shape index (κ2) is 6.66. The van der Waals surface area contributed by atoms with Crippen molar-refractivity contribution in [1.82, 2.24) is 0 Å². The molecule has 0 unspecified atom stereocenters. The van der Waals surface area contributed by atoms with E-state index in [0.29, 0.717) is 5.56 Å². The Hall–Kier alpha value is -1.27. The molecule has 0 aliphatic rings. The van der Waals surface area contributed by atoms with Gasteiger partial charge in [0.15, 0.2) is 5.78 Å². The normalized spacial score (nSPS) is 10.5. The molecule has 0 heterocycles. The van der Waals surface area contributed by atoms with E-state index < -0.39 is 11.6 Å². The fourth-order valence-electron chi connectivity index (χ4n) is 1.75. The highest BCUT2D eigenvalue weighted by atomic mass is 79.9. The van der Waals surface area contributed by atoms with Crippen LogP contribution in [0.1, 0.15) is 22.8 Å². The van der Waals surface area contributed by atoms with Gasteiger partial charge in [-0.25, -0.2) is 8.78 Å². The number of benzene rings is 2. The Balaban J connectivity index is 2.29. The molecule has 0 amide bonds. The van der Waals surface area contributed by atoms with Crippen molar-refractivity contribution in [2.75, 3.05) is 0 Å². The van der Waals surface area contributed by atoms with Crippen molar-refractivity contribution in [2.24, 2.45) is 0 Å². The second-order valence-electron chi connectivity index (χ2n) is 4.31. The Bertz CT molecular complexity index is 702. The standard InChI is InChI=1S/C15H10Br2F2O2/c1-8(20)10-6-9(16)2-5-14(10)21-7-11-13(18)4-3-12(17)15(11)19/h2-6H,7H2,1H3. The summed E-state index contributed by atoms with van der Waals surface area (Å²) in [5.41, 5.74) is 0.155. The molecule has 0 fully saturated rings. The van der Waals surface area contributed by atoms with E-state index in [2.05, 4.69) is 31.9 Å². The summed E-state index contributed by atoms with van der Waals surface area (Å²) < 4.78 is 33.8. The highest BCUT2D eigenvalue weighted by Gasteiger charge is 2.15. The quantitative estimate of drug-likeness (QED) is 0.498. The maximum atomic E-state index is 13.8. The van der Waals surface area contributed by atoms with Gasteiger partial charge in [-0.1, -0.05) is 15.9 Å². The summed E-state index contributed by atoms with van der Waals surface area (Å²) in [4.78, 5) is 11.6. The van der Waals surface area contributed by atoms with E-state index >= 15 is 0 Å². The predicted molar refractivity (Wildman–Crippen MR) is 82.5 cm³/mol. The number of ketones is 1. The van der Waals surface area contributed by atoms with Gasteiger partial charge >= 0.3 is 0 Å². The zero-order chi connectivity index (χ0) is 15.6. The number of halogens is 4. The molecule has 0 aliphatic carbocycles. The Morgan fingerprint density at radius 2 is 1.90 bits per heavy atom. The average Bonchev–Trinajstić information content (AvgIpc) is 2.44. The molecule has 21 heavy (non-hydrogen) atoms. The average molecular weight is 420 g/mol. The number of hydrogen-bond donors (Lipinski definition) is 0. The second-order valence-corrected chi connectivity index (χ2v) is 6.08. The lowest BCUT2D eigenvalue weighted by Crippen LogP contribution is -2.05. The van der Waals surface area contributed by atoms with Crippen LogP contribution in [0.15, 0.2) is 39.3 Å². The zero-order valence-electron chi connectivity index (χ0n) is 10.9. The van der Waals surface area contributed by atoms with Crippen molar-refractivity contribution in [3.05, 3.63) is 62.0 Å². The molecule has 2 rings (SSSR count). The number of carbonyl (C=O) groups is 1. The lowest BCUT2D eigenvalue weighted by atomic mass is 10.1. The van der Waals surface area contributed by atoms with Crippen molar-refractivity contribution in [3.63, 3.8) is 0 Å². The number of hydrogen-bond acceptors (Lipinski definition) is 2. The van der Waals surface area contributed by atoms with Gasteiger partial charge in [0.2, 0.25) is 0 Å². The number of Topliss-reactive ketones (excluding diaryl/α,β-unsaturated/α-hetero) is 1. The van der Waals surface area contributed by atoms with Crippen molar-refractivity contribution < 1.29 is 18.3 Å². The van der Waals surface area contributed by atoms with Gasteiger partial charge in [0.05, 0.1) is 15.6 Å². The van der Waals surface area contributed by atoms with E-state index in [4.69, 9.17) is 4.74 Å². The smallest absolute Gasteiger partial charge is 0.163 e. The maximum absolute atomic E-state index is 13.8. The molecule has 0 spiro atoms. The summed E-state index contributed by atoms with van der Waals surface area (Å²) in [6, 6.07) is 7.31. The molecule has 0 bridgehead atoms. The third-order valence-electron chi connectivity index (χ3n) is 2.83. The monoisotopic (exact) mass is 418 g/mol. The van der Waals surface area contributed by atoms with E-state index in [1.54, 1.807) is 18.2 Å².